The molecule has 1 rings (SSSR count). The molecule has 0 aliphatic carbocycles. The second kappa shape index (κ2) is 15.6. The summed E-state index contributed by atoms with van der Waals surface area (Å²) in [6, 6.07) is 3.23. The third-order valence-corrected chi connectivity index (χ3v) is 6.85. The summed E-state index contributed by atoms with van der Waals surface area (Å²) in [5.41, 5.74) is 5.88. The maximum absolute atomic E-state index is 12.6. The summed E-state index contributed by atoms with van der Waals surface area (Å²) >= 11 is 0. The fourth-order valence-electron chi connectivity index (χ4n) is 3.75. The zero-order valence-corrected chi connectivity index (χ0v) is 24.7. The van der Waals surface area contributed by atoms with Crippen molar-refractivity contribution >= 4 is 23.9 Å². The van der Waals surface area contributed by atoms with Gasteiger partial charge in [-0.15, -0.1) is 0 Å². The molecule has 3 N–H and O–H groups in total. The van der Waals surface area contributed by atoms with Gasteiger partial charge in [0.15, 0.2) is 11.5 Å². The van der Waals surface area contributed by atoms with Crippen molar-refractivity contribution in [3.63, 3.8) is 0 Å². The summed E-state index contributed by atoms with van der Waals surface area (Å²) < 4.78 is 16.6. The number of carbonyl (C=O) groups excluding carboxylic acids is 3. The average molecular weight is 550 g/mol. The first-order valence-electron chi connectivity index (χ1n) is 13.8. The van der Waals surface area contributed by atoms with Crippen molar-refractivity contribution in [3.8, 4) is 11.5 Å². The summed E-state index contributed by atoms with van der Waals surface area (Å²) in [5.74, 6) is -3.18. The fraction of sp³-hybridized carbons (Fsp3) is 0.667. The topological polar surface area (TPSA) is 142 Å². The number of hydrogen-bond donors (Lipinski definition) is 2. The average Bonchev–Trinajstić information content (AvgIpc) is 2.86. The van der Waals surface area contributed by atoms with E-state index in [0.29, 0.717) is 30.7 Å². The van der Waals surface area contributed by atoms with E-state index in [1.807, 2.05) is 34.6 Å². The van der Waals surface area contributed by atoms with E-state index >= 15 is 0 Å². The molecular weight excluding hydrogens is 502 g/mol. The molecule has 9 nitrogen and oxygen atoms in total. The molecule has 0 saturated carbocycles. The maximum Gasteiger partial charge on any atom is 0.321 e. The van der Waals surface area contributed by atoms with Crippen LogP contribution >= 0.6 is 0 Å². The Morgan fingerprint density at radius 2 is 1.41 bits per heavy atom. The van der Waals surface area contributed by atoms with Crippen molar-refractivity contribution in [2.24, 2.45) is 28.9 Å². The van der Waals surface area contributed by atoms with Crippen LogP contribution in [0.5, 0.6) is 11.5 Å². The number of carbonyl (C=O) groups is 4. The quantitative estimate of drug-likeness (QED) is 0.202. The zero-order chi connectivity index (χ0) is 29.9. The normalized spacial score (nSPS) is 14.0. The lowest BCUT2D eigenvalue weighted by atomic mass is 9.81. The van der Waals surface area contributed by atoms with Crippen molar-refractivity contribution in [1.29, 1.82) is 0 Å². The highest BCUT2D eigenvalue weighted by atomic mass is 16.6. The van der Waals surface area contributed by atoms with Crippen molar-refractivity contribution in [3.05, 3.63) is 23.8 Å². The molecule has 0 spiro atoms. The van der Waals surface area contributed by atoms with Gasteiger partial charge in [-0.2, -0.15) is 0 Å². The zero-order valence-electron chi connectivity index (χ0n) is 24.7. The van der Waals surface area contributed by atoms with Gasteiger partial charge in [-0.1, -0.05) is 47.6 Å². The van der Waals surface area contributed by atoms with Crippen LogP contribution in [-0.2, 0) is 23.9 Å². The highest BCUT2D eigenvalue weighted by Gasteiger charge is 2.34. The Morgan fingerprint density at radius 3 is 1.87 bits per heavy atom. The van der Waals surface area contributed by atoms with E-state index in [2.05, 4.69) is 0 Å². The van der Waals surface area contributed by atoms with Crippen LogP contribution in [0.4, 0.5) is 0 Å². The fourth-order valence-corrected chi connectivity index (χ4v) is 3.75. The Bertz CT molecular complexity index is 985. The minimum Gasteiger partial charge on any atom is -0.480 e. The van der Waals surface area contributed by atoms with Crippen molar-refractivity contribution in [1.82, 2.24) is 0 Å². The van der Waals surface area contributed by atoms with Gasteiger partial charge in [0.05, 0.1) is 12.0 Å². The SMILES string of the molecule is CCC(C)(C)C(=O)OCC(C)C(c1ccc(OC(=O)CCC(C)C)c(OC(=O)CCC(C)C)c1)[C@H](N)C(=O)O. The van der Waals surface area contributed by atoms with Crippen LogP contribution in [0.2, 0.25) is 0 Å². The smallest absolute Gasteiger partial charge is 0.321 e. The number of carboxylic acids is 1. The summed E-state index contributed by atoms with van der Waals surface area (Å²) in [6.45, 7) is 15.1. The van der Waals surface area contributed by atoms with Gasteiger partial charge in [-0.3, -0.25) is 19.2 Å². The lowest BCUT2D eigenvalue weighted by Crippen LogP contribution is -2.41. The Kier molecular flexibility index (Phi) is 13.6. The van der Waals surface area contributed by atoms with Crippen molar-refractivity contribution in [2.45, 2.75) is 99.5 Å². The highest BCUT2D eigenvalue weighted by Crippen LogP contribution is 2.36. The summed E-state index contributed by atoms with van der Waals surface area (Å²) in [7, 11) is 0. The molecular formula is C30H47NO8. The van der Waals surface area contributed by atoms with Crippen LogP contribution in [0, 0.1) is 23.2 Å². The lowest BCUT2D eigenvalue weighted by Gasteiger charge is -2.29. The van der Waals surface area contributed by atoms with E-state index in [1.54, 1.807) is 26.8 Å². The Morgan fingerprint density at radius 1 is 0.897 bits per heavy atom. The number of aliphatic carboxylic acids is 1. The first-order valence-corrected chi connectivity index (χ1v) is 13.8. The number of rotatable bonds is 16. The summed E-state index contributed by atoms with van der Waals surface area (Å²) in [6.07, 6.45) is 2.21. The van der Waals surface area contributed by atoms with Gasteiger partial charge in [-0.25, -0.2) is 0 Å². The molecule has 220 valence electrons. The Balaban J connectivity index is 3.36. The maximum atomic E-state index is 12.6. The third kappa shape index (κ3) is 11.4. The molecule has 0 aromatic heterocycles. The standard InChI is InChI=1S/C30H47NO8/c1-9-30(7,8)29(36)37-17-20(6)26(27(31)28(34)35)21-12-13-22(38-24(32)14-10-18(2)3)23(16-21)39-25(33)15-11-19(4)5/h12-13,16,18-20,26-27H,9-11,14-15,17,31H2,1-8H3,(H,34,35)/t20?,26?,27-/m0/s1. The largest absolute Gasteiger partial charge is 0.480 e. The molecule has 1 aromatic carbocycles. The number of benzene rings is 1. The number of esters is 3. The van der Waals surface area contributed by atoms with Gasteiger partial charge in [-0.05, 0) is 68.6 Å². The first-order chi connectivity index (χ1) is 18.1. The first kappa shape index (κ1) is 34.1. The molecule has 0 aliphatic heterocycles. The molecule has 0 amide bonds. The van der Waals surface area contributed by atoms with Crippen LogP contribution in [0.25, 0.3) is 0 Å². The predicted octanol–water partition coefficient (Wildman–Crippen LogP) is 5.48. The Hall–Kier alpha value is -2.94. The molecule has 0 aliphatic rings. The van der Waals surface area contributed by atoms with Crippen LogP contribution in [-0.4, -0.2) is 41.6 Å². The van der Waals surface area contributed by atoms with Crippen LogP contribution in [0.1, 0.15) is 99.0 Å². The van der Waals surface area contributed by atoms with E-state index in [1.165, 1.54) is 12.1 Å². The van der Waals surface area contributed by atoms with E-state index in [0.717, 1.165) is 0 Å². The molecule has 2 unspecified atom stereocenters. The predicted molar refractivity (Wildman–Crippen MR) is 148 cm³/mol. The molecule has 39 heavy (non-hydrogen) atoms. The monoisotopic (exact) mass is 549 g/mol. The van der Waals surface area contributed by atoms with Gasteiger partial charge >= 0.3 is 23.9 Å². The van der Waals surface area contributed by atoms with Crippen LogP contribution < -0.4 is 15.2 Å². The molecule has 0 bridgehead atoms. The minimum absolute atomic E-state index is 0.0121. The van der Waals surface area contributed by atoms with Crippen LogP contribution in [0.3, 0.4) is 0 Å². The lowest BCUT2D eigenvalue weighted by molar-refractivity contribution is -0.155. The molecule has 0 radical (unpaired) electrons. The number of nitrogens with two attached hydrogens (primary N) is 1. The van der Waals surface area contributed by atoms with E-state index in [-0.39, 0.29) is 42.8 Å². The molecule has 9 heteroatoms. The molecule has 0 saturated heterocycles. The molecule has 1 aromatic rings. The van der Waals surface area contributed by atoms with Crippen molar-refractivity contribution < 1.29 is 38.5 Å². The second-order valence-corrected chi connectivity index (χ2v) is 11.7. The highest BCUT2D eigenvalue weighted by molar-refractivity contribution is 5.78. The van der Waals surface area contributed by atoms with Gasteiger partial charge in [0.1, 0.15) is 6.04 Å². The summed E-state index contributed by atoms with van der Waals surface area (Å²) in [4.78, 5) is 49.5. The summed E-state index contributed by atoms with van der Waals surface area (Å²) in [5, 5.41) is 9.73. The Labute approximate surface area is 232 Å². The molecule has 0 heterocycles. The molecule has 0 fully saturated rings. The second-order valence-electron chi connectivity index (χ2n) is 11.7. The van der Waals surface area contributed by atoms with E-state index in [4.69, 9.17) is 19.9 Å². The van der Waals surface area contributed by atoms with Gasteiger partial charge < -0.3 is 25.1 Å². The number of hydrogen-bond acceptors (Lipinski definition) is 8. The van der Waals surface area contributed by atoms with Crippen LogP contribution in [0.15, 0.2) is 18.2 Å². The number of carboxylic acid groups (broad SMARTS) is 1. The van der Waals surface area contributed by atoms with Gasteiger partial charge in [0.2, 0.25) is 0 Å². The van der Waals surface area contributed by atoms with E-state index in [9.17, 15) is 24.3 Å². The van der Waals surface area contributed by atoms with Gasteiger partial charge in [0, 0.05) is 18.8 Å². The van der Waals surface area contributed by atoms with Gasteiger partial charge in [0.25, 0.3) is 0 Å². The van der Waals surface area contributed by atoms with Crippen molar-refractivity contribution in [2.75, 3.05) is 6.61 Å². The third-order valence-electron chi connectivity index (χ3n) is 6.85. The minimum atomic E-state index is -1.33. The molecule has 3 atom stereocenters. The number of ether oxygens (including phenoxy) is 3. The van der Waals surface area contributed by atoms with E-state index < -0.39 is 41.2 Å².